The summed E-state index contributed by atoms with van der Waals surface area (Å²) in [6.45, 7) is 10.1. The minimum absolute atomic E-state index is 0.0951. The van der Waals surface area contributed by atoms with Crippen molar-refractivity contribution in [1.82, 2.24) is 10.1 Å². The number of hydrazone groups is 1. The Bertz CT molecular complexity index is 1090. The summed E-state index contributed by atoms with van der Waals surface area (Å²) in [5.41, 5.74) is 4.02. The van der Waals surface area contributed by atoms with Crippen LogP contribution in [0.1, 0.15) is 38.8 Å². The molecule has 0 aromatic heterocycles. The number of benzene rings is 2. The Morgan fingerprint density at radius 2 is 1.76 bits per heavy atom. The predicted molar refractivity (Wildman–Crippen MR) is 132 cm³/mol. The Kier molecular flexibility index (Phi) is 9.87. The number of rotatable bonds is 11. The van der Waals surface area contributed by atoms with Crippen LogP contribution in [0, 0.1) is 12.8 Å². The minimum atomic E-state index is -3.87. The molecule has 2 aromatic carbocycles. The summed E-state index contributed by atoms with van der Waals surface area (Å²) in [6.07, 6.45) is 1.45. The van der Waals surface area contributed by atoms with Crippen LogP contribution in [0.3, 0.4) is 0 Å². The predicted octanol–water partition coefficient (Wildman–Crippen LogP) is 4.01. The van der Waals surface area contributed by atoms with Gasteiger partial charge in [0.15, 0.2) is 11.5 Å². The molecule has 0 unspecified atom stereocenters. The lowest BCUT2D eigenvalue weighted by molar-refractivity contribution is -0.123. The van der Waals surface area contributed by atoms with E-state index in [1.54, 1.807) is 38.1 Å². The number of nitrogens with zero attached hydrogens (tertiary/aromatic N) is 1. The molecule has 1 amide bonds. The first-order valence-corrected chi connectivity index (χ1v) is 12.9. The Morgan fingerprint density at radius 3 is 2.33 bits per heavy atom. The Balaban J connectivity index is 2.15. The highest BCUT2D eigenvalue weighted by Gasteiger charge is 2.28. The van der Waals surface area contributed by atoms with E-state index in [2.05, 4.69) is 31.2 Å². The van der Waals surface area contributed by atoms with Gasteiger partial charge in [-0.1, -0.05) is 31.5 Å². The van der Waals surface area contributed by atoms with Crippen molar-refractivity contribution in [2.24, 2.45) is 11.0 Å². The molecule has 0 fully saturated rings. The van der Waals surface area contributed by atoms with Crippen molar-refractivity contribution < 1.29 is 22.7 Å². The van der Waals surface area contributed by atoms with Crippen molar-refractivity contribution in [2.45, 2.75) is 45.6 Å². The van der Waals surface area contributed by atoms with Crippen LogP contribution < -0.4 is 19.6 Å². The third kappa shape index (κ3) is 7.55. The van der Waals surface area contributed by atoms with Gasteiger partial charge in [-0.2, -0.15) is 9.82 Å². The van der Waals surface area contributed by atoms with E-state index >= 15 is 0 Å². The van der Waals surface area contributed by atoms with Crippen molar-refractivity contribution in [1.29, 1.82) is 0 Å². The Hall–Kier alpha value is -2.43. The van der Waals surface area contributed by atoms with Crippen LogP contribution in [0.4, 0.5) is 0 Å². The average Bonchev–Trinajstić information content (AvgIpc) is 2.74. The number of halogens is 1. The number of nitrogens with one attached hydrogen (secondary N) is 2. The highest BCUT2D eigenvalue weighted by atomic mass is 79.9. The van der Waals surface area contributed by atoms with E-state index in [9.17, 15) is 13.2 Å². The smallest absolute Gasteiger partial charge is 0.258 e. The normalized spacial score (nSPS) is 12.7. The van der Waals surface area contributed by atoms with Gasteiger partial charge in [-0.15, -0.1) is 0 Å². The molecular formula is C23H30BrN3O5S. The van der Waals surface area contributed by atoms with Gasteiger partial charge >= 0.3 is 0 Å². The zero-order valence-corrected chi connectivity index (χ0v) is 21.8. The van der Waals surface area contributed by atoms with E-state index in [-0.39, 0.29) is 10.8 Å². The highest BCUT2D eigenvalue weighted by Crippen LogP contribution is 2.36. The van der Waals surface area contributed by atoms with E-state index in [0.29, 0.717) is 34.7 Å². The molecule has 2 aromatic rings. The molecule has 0 spiro atoms. The molecule has 180 valence electrons. The minimum Gasteiger partial charge on any atom is -0.490 e. The third-order valence-electron chi connectivity index (χ3n) is 4.57. The van der Waals surface area contributed by atoms with Crippen LogP contribution in [0.2, 0.25) is 0 Å². The first-order valence-electron chi connectivity index (χ1n) is 10.6. The van der Waals surface area contributed by atoms with Crippen molar-refractivity contribution in [3.8, 4) is 11.5 Å². The largest absolute Gasteiger partial charge is 0.490 e. The standard InChI is InChI=1S/C23H30BrN3O5S/c1-6-31-20-13-17(12-19(24)22(20)32-7-2)14-25-26-23(28)21(15(3)4)27-33(29,30)18-10-8-16(5)9-11-18/h8-15,21,27H,6-7H2,1-5H3,(H,26,28)/b25-14-/t21-/m0/s1. The summed E-state index contributed by atoms with van der Waals surface area (Å²) >= 11 is 3.46. The van der Waals surface area contributed by atoms with E-state index in [4.69, 9.17) is 9.47 Å². The number of amides is 1. The van der Waals surface area contributed by atoms with Gasteiger partial charge in [0.25, 0.3) is 5.91 Å². The molecule has 0 bridgehead atoms. The molecule has 0 saturated carbocycles. The molecule has 0 aliphatic carbocycles. The maximum absolute atomic E-state index is 12.7. The van der Waals surface area contributed by atoms with Crippen LogP contribution in [0.5, 0.6) is 11.5 Å². The van der Waals surface area contributed by atoms with E-state index in [1.807, 2.05) is 20.8 Å². The number of hydrogen-bond acceptors (Lipinski definition) is 6. The number of aryl methyl sites for hydroxylation is 1. The lowest BCUT2D eigenvalue weighted by Gasteiger charge is -2.20. The van der Waals surface area contributed by atoms with E-state index in [0.717, 1.165) is 5.56 Å². The Morgan fingerprint density at radius 1 is 1.12 bits per heavy atom. The SMILES string of the molecule is CCOc1cc(/C=N\NC(=O)[C@@H](NS(=O)(=O)c2ccc(C)cc2)C(C)C)cc(Br)c1OCC. The molecule has 2 N–H and O–H groups in total. The molecule has 10 heteroatoms. The second kappa shape index (κ2) is 12.2. The molecule has 33 heavy (non-hydrogen) atoms. The number of sulfonamides is 1. The van der Waals surface area contributed by atoms with Gasteiger partial charge in [-0.05, 0) is 72.4 Å². The average molecular weight is 540 g/mol. The summed E-state index contributed by atoms with van der Waals surface area (Å²) in [5, 5.41) is 4.00. The molecule has 1 atom stereocenters. The van der Waals surface area contributed by atoms with Crippen molar-refractivity contribution >= 4 is 38.1 Å². The molecule has 8 nitrogen and oxygen atoms in total. The monoisotopic (exact) mass is 539 g/mol. The van der Waals surface area contributed by atoms with Crippen LogP contribution >= 0.6 is 15.9 Å². The zero-order chi connectivity index (χ0) is 24.6. The second-order valence-corrected chi connectivity index (χ2v) is 10.2. The van der Waals surface area contributed by atoms with Gasteiger partial charge < -0.3 is 9.47 Å². The lowest BCUT2D eigenvalue weighted by atomic mass is 10.1. The van der Waals surface area contributed by atoms with Crippen LogP contribution in [0.15, 0.2) is 50.9 Å². The molecule has 0 radical (unpaired) electrons. The van der Waals surface area contributed by atoms with Crippen LogP contribution in [-0.2, 0) is 14.8 Å². The topological polar surface area (TPSA) is 106 Å². The molecule has 0 saturated heterocycles. The summed E-state index contributed by atoms with van der Waals surface area (Å²) in [6, 6.07) is 8.94. The van der Waals surface area contributed by atoms with Gasteiger partial charge in [0, 0.05) is 0 Å². The highest BCUT2D eigenvalue weighted by molar-refractivity contribution is 9.10. The molecule has 2 rings (SSSR count). The summed E-state index contributed by atoms with van der Waals surface area (Å²) in [7, 11) is -3.87. The number of carbonyl (C=O) groups excluding carboxylic acids is 1. The van der Waals surface area contributed by atoms with Gasteiger partial charge in [0.2, 0.25) is 10.0 Å². The molecular weight excluding hydrogens is 510 g/mol. The summed E-state index contributed by atoms with van der Waals surface area (Å²) in [5.74, 6) is 0.273. The van der Waals surface area contributed by atoms with Gasteiger partial charge in [0.1, 0.15) is 6.04 Å². The van der Waals surface area contributed by atoms with Gasteiger partial charge in [-0.3, -0.25) is 4.79 Å². The zero-order valence-electron chi connectivity index (χ0n) is 19.4. The molecule has 0 aliphatic rings. The van der Waals surface area contributed by atoms with Gasteiger partial charge in [0.05, 0.1) is 28.8 Å². The third-order valence-corrected chi connectivity index (χ3v) is 6.62. The first kappa shape index (κ1) is 26.8. The van der Waals surface area contributed by atoms with Gasteiger partial charge in [-0.25, -0.2) is 13.8 Å². The number of hydrogen-bond donors (Lipinski definition) is 2. The van der Waals surface area contributed by atoms with E-state index in [1.165, 1.54) is 18.3 Å². The van der Waals surface area contributed by atoms with Crippen molar-refractivity contribution in [2.75, 3.05) is 13.2 Å². The number of ether oxygens (including phenoxy) is 2. The molecule has 0 aliphatic heterocycles. The fraction of sp³-hybridized carbons (Fsp3) is 0.391. The fourth-order valence-electron chi connectivity index (χ4n) is 2.89. The lowest BCUT2D eigenvalue weighted by Crippen LogP contribution is -2.48. The van der Waals surface area contributed by atoms with Crippen LogP contribution in [-0.4, -0.2) is 39.8 Å². The van der Waals surface area contributed by atoms with Crippen LogP contribution in [0.25, 0.3) is 0 Å². The maximum atomic E-state index is 12.7. The number of carbonyl (C=O) groups is 1. The maximum Gasteiger partial charge on any atom is 0.258 e. The van der Waals surface area contributed by atoms with Crippen molar-refractivity contribution in [3.63, 3.8) is 0 Å². The Labute approximate surface area is 203 Å². The summed E-state index contributed by atoms with van der Waals surface area (Å²) in [4.78, 5) is 12.8. The van der Waals surface area contributed by atoms with E-state index < -0.39 is 22.0 Å². The first-order chi connectivity index (χ1) is 15.6. The quantitative estimate of drug-likeness (QED) is 0.331. The fourth-order valence-corrected chi connectivity index (χ4v) is 4.81. The second-order valence-electron chi connectivity index (χ2n) is 7.59. The van der Waals surface area contributed by atoms with Crippen molar-refractivity contribution in [3.05, 3.63) is 52.0 Å². The molecule has 0 heterocycles. The summed E-state index contributed by atoms with van der Waals surface area (Å²) < 4.78 is 39.8.